The van der Waals surface area contributed by atoms with Crippen molar-refractivity contribution in [2.75, 3.05) is 0 Å². The summed E-state index contributed by atoms with van der Waals surface area (Å²) in [6.45, 7) is 5.25. The molecule has 0 spiro atoms. The number of aryl methyl sites for hydroxylation is 2. The Bertz CT molecular complexity index is 2710. The predicted octanol–water partition coefficient (Wildman–Crippen LogP) is 12.4. The van der Waals surface area contributed by atoms with Gasteiger partial charge in [-0.15, -0.1) is 0 Å². The van der Waals surface area contributed by atoms with E-state index in [1.807, 2.05) is 0 Å². The number of nitrogens with zero attached hydrogens (tertiary/aromatic N) is 1. The maximum absolute atomic E-state index is 2.56. The largest absolute Gasteiger partial charge is 0.336 e. The molecule has 9 aromatic carbocycles. The minimum Gasteiger partial charge on any atom is -0.336 e. The summed E-state index contributed by atoms with van der Waals surface area (Å²) in [5, 5.41) is 18.6. The second-order valence-corrected chi connectivity index (χ2v) is 13.0. The first kappa shape index (κ1) is 25.6. The van der Waals surface area contributed by atoms with Crippen LogP contribution in [-0.2, 0) is 6.54 Å². The van der Waals surface area contributed by atoms with Crippen LogP contribution in [0.15, 0.2) is 140 Å². The number of rotatable bonds is 2. The number of hydrogen-bond donors (Lipinski definition) is 0. The van der Waals surface area contributed by atoms with Gasteiger partial charge in [0, 0.05) is 28.1 Å². The van der Waals surface area contributed by atoms with E-state index in [2.05, 4.69) is 158 Å². The number of aromatic nitrogens is 1. The summed E-state index contributed by atoms with van der Waals surface area (Å²) in [4.78, 5) is 0. The SMILES string of the molecule is Cc1ccc2c3ccccc3c3ccc4c(c3c2c1)c1c2c(ccc1n4Cc1ccccc1)c1ccccc1c1ccc(C)cc12. The van der Waals surface area contributed by atoms with Gasteiger partial charge in [0.25, 0.3) is 0 Å². The Labute approximate surface area is 266 Å². The summed E-state index contributed by atoms with van der Waals surface area (Å²) < 4.78 is 2.56. The van der Waals surface area contributed by atoms with Crippen molar-refractivity contribution >= 4 is 86.4 Å². The Balaban J connectivity index is 1.55. The van der Waals surface area contributed by atoms with Crippen LogP contribution in [0, 0.1) is 13.8 Å². The highest BCUT2D eigenvalue weighted by Gasteiger charge is 2.22. The van der Waals surface area contributed by atoms with Gasteiger partial charge in [-0.25, -0.2) is 0 Å². The molecule has 0 saturated heterocycles. The lowest BCUT2D eigenvalue weighted by molar-refractivity contribution is 0.869. The first-order valence-corrected chi connectivity index (χ1v) is 16.2. The second kappa shape index (κ2) is 9.42. The zero-order valence-electron chi connectivity index (χ0n) is 25.9. The Morgan fingerprint density at radius 3 is 1.22 bits per heavy atom. The molecule has 10 rings (SSSR count). The molecule has 0 unspecified atom stereocenters. The third-order valence-electron chi connectivity index (χ3n) is 10.3. The van der Waals surface area contributed by atoms with E-state index in [-0.39, 0.29) is 0 Å². The summed E-state index contributed by atoms with van der Waals surface area (Å²) in [6, 6.07) is 52.3. The molecule has 46 heavy (non-hydrogen) atoms. The molecule has 0 bridgehead atoms. The van der Waals surface area contributed by atoms with E-state index in [0.29, 0.717) is 0 Å². The van der Waals surface area contributed by atoms with E-state index in [1.165, 1.54) is 103 Å². The molecule has 1 heterocycles. The van der Waals surface area contributed by atoms with Crippen molar-refractivity contribution in [2.45, 2.75) is 20.4 Å². The number of hydrogen-bond acceptors (Lipinski definition) is 0. The highest BCUT2D eigenvalue weighted by Crippen LogP contribution is 2.47. The van der Waals surface area contributed by atoms with Crippen LogP contribution >= 0.6 is 0 Å². The van der Waals surface area contributed by atoms with E-state index >= 15 is 0 Å². The van der Waals surface area contributed by atoms with Gasteiger partial charge >= 0.3 is 0 Å². The Kier molecular flexibility index (Phi) is 5.25. The summed E-state index contributed by atoms with van der Waals surface area (Å²) in [5.74, 6) is 0. The topological polar surface area (TPSA) is 4.93 Å². The lowest BCUT2D eigenvalue weighted by atomic mass is 9.88. The van der Waals surface area contributed by atoms with E-state index in [9.17, 15) is 0 Å². The van der Waals surface area contributed by atoms with Crippen molar-refractivity contribution in [3.8, 4) is 0 Å². The van der Waals surface area contributed by atoms with Crippen molar-refractivity contribution in [3.05, 3.63) is 156 Å². The molecule has 1 aromatic heterocycles. The maximum atomic E-state index is 2.56. The van der Waals surface area contributed by atoms with Gasteiger partial charge < -0.3 is 4.57 Å². The molecule has 0 fully saturated rings. The fraction of sp³-hybridized carbons (Fsp3) is 0.0667. The van der Waals surface area contributed by atoms with E-state index < -0.39 is 0 Å². The van der Waals surface area contributed by atoms with Crippen LogP contribution < -0.4 is 0 Å². The van der Waals surface area contributed by atoms with Gasteiger partial charge in [-0.1, -0.05) is 139 Å². The average molecular weight is 586 g/mol. The molecule has 216 valence electrons. The molecule has 0 saturated carbocycles. The van der Waals surface area contributed by atoms with Crippen LogP contribution in [0.2, 0.25) is 0 Å². The third kappa shape index (κ3) is 3.46. The smallest absolute Gasteiger partial charge is 0.0501 e. The summed E-state index contributed by atoms with van der Waals surface area (Å²) in [5.41, 5.74) is 6.44. The molecule has 0 amide bonds. The van der Waals surface area contributed by atoms with Gasteiger partial charge in [0.1, 0.15) is 0 Å². The van der Waals surface area contributed by atoms with Crippen molar-refractivity contribution in [2.24, 2.45) is 0 Å². The highest BCUT2D eigenvalue weighted by atomic mass is 15.0. The predicted molar refractivity (Wildman–Crippen MR) is 199 cm³/mol. The molecule has 1 nitrogen and oxygen atoms in total. The Morgan fingerprint density at radius 1 is 0.348 bits per heavy atom. The first-order chi connectivity index (χ1) is 22.7. The first-order valence-electron chi connectivity index (χ1n) is 16.2. The Morgan fingerprint density at radius 2 is 0.739 bits per heavy atom. The van der Waals surface area contributed by atoms with Crippen LogP contribution in [0.25, 0.3) is 86.4 Å². The monoisotopic (exact) mass is 585 g/mol. The lowest BCUT2D eigenvalue weighted by Crippen LogP contribution is -1.99. The standard InChI is InChI=1S/C45H31N/c1-27-16-18-34-30-12-6-8-14-32(30)36-20-22-40-44(42(36)38(34)24-27)45-41(46(40)26-29-10-4-3-5-11-29)23-21-37-33-15-9-7-13-31(33)35-19-17-28(2)25-39(35)43(37)45/h3-25H,26H2,1-2H3. The normalized spacial score (nSPS) is 12.2. The zero-order valence-corrected chi connectivity index (χ0v) is 25.9. The number of benzene rings is 9. The molecule has 0 N–H and O–H groups in total. The summed E-state index contributed by atoms with van der Waals surface area (Å²) in [6.07, 6.45) is 0. The van der Waals surface area contributed by atoms with Crippen LogP contribution in [0.3, 0.4) is 0 Å². The van der Waals surface area contributed by atoms with Crippen molar-refractivity contribution in [3.63, 3.8) is 0 Å². The molecular weight excluding hydrogens is 555 g/mol. The van der Waals surface area contributed by atoms with Crippen molar-refractivity contribution in [1.29, 1.82) is 0 Å². The lowest BCUT2D eigenvalue weighted by Gasteiger charge is -2.14. The van der Waals surface area contributed by atoms with Gasteiger partial charge in [-0.3, -0.25) is 0 Å². The van der Waals surface area contributed by atoms with Crippen LogP contribution in [-0.4, -0.2) is 4.57 Å². The fourth-order valence-electron chi connectivity index (χ4n) is 8.32. The zero-order chi connectivity index (χ0) is 30.5. The summed E-state index contributed by atoms with van der Waals surface area (Å²) in [7, 11) is 0. The third-order valence-corrected chi connectivity index (χ3v) is 10.3. The molecular formula is C45H31N. The molecule has 0 radical (unpaired) electrons. The number of fused-ring (bicyclic) bond motifs is 17. The molecule has 1 heteroatoms. The van der Waals surface area contributed by atoms with Gasteiger partial charge in [0.05, 0.1) is 11.0 Å². The Hall–Kier alpha value is -5.66. The van der Waals surface area contributed by atoms with Crippen LogP contribution in [0.5, 0.6) is 0 Å². The maximum Gasteiger partial charge on any atom is 0.0501 e. The van der Waals surface area contributed by atoms with Gasteiger partial charge in [-0.2, -0.15) is 0 Å². The van der Waals surface area contributed by atoms with Gasteiger partial charge in [0.2, 0.25) is 0 Å². The molecule has 0 aliphatic rings. The molecule has 0 aliphatic carbocycles. The summed E-state index contributed by atoms with van der Waals surface area (Å²) >= 11 is 0. The second-order valence-electron chi connectivity index (χ2n) is 13.0. The van der Waals surface area contributed by atoms with Gasteiger partial charge in [0.15, 0.2) is 0 Å². The molecule has 0 atom stereocenters. The minimum atomic E-state index is 0.812. The highest BCUT2D eigenvalue weighted by molar-refractivity contribution is 6.41. The van der Waals surface area contributed by atoms with Crippen LogP contribution in [0.1, 0.15) is 16.7 Å². The van der Waals surface area contributed by atoms with E-state index in [1.54, 1.807) is 0 Å². The average Bonchev–Trinajstić information content (AvgIpc) is 3.41. The molecule has 10 aromatic rings. The molecule has 0 aliphatic heterocycles. The minimum absolute atomic E-state index is 0.812. The quantitative estimate of drug-likeness (QED) is 0.178. The van der Waals surface area contributed by atoms with E-state index in [0.717, 1.165) is 6.54 Å². The van der Waals surface area contributed by atoms with E-state index in [4.69, 9.17) is 0 Å². The van der Waals surface area contributed by atoms with Crippen LogP contribution in [0.4, 0.5) is 0 Å². The van der Waals surface area contributed by atoms with Gasteiger partial charge in [-0.05, 0) is 85.4 Å². The fourth-order valence-corrected chi connectivity index (χ4v) is 8.32. The van der Waals surface area contributed by atoms with Crippen molar-refractivity contribution < 1.29 is 0 Å². The van der Waals surface area contributed by atoms with Crippen molar-refractivity contribution in [1.82, 2.24) is 4.57 Å².